The fourth-order valence-corrected chi connectivity index (χ4v) is 5.39. The first-order valence-corrected chi connectivity index (χ1v) is 12.8. The number of halogens is 2. The largest absolute Gasteiger partial charge is 0.491 e. The Labute approximate surface area is 217 Å². The van der Waals surface area contributed by atoms with Crippen molar-refractivity contribution in [3.63, 3.8) is 0 Å². The normalized spacial score (nSPS) is 26.4. The maximum atomic E-state index is 15.1. The highest BCUT2D eigenvalue weighted by atomic mass is 35.5. The topological polar surface area (TPSA) is 120 Å². The number of imidazole rings is 1. The van der Waals surface area contributed by atoms with Gasteiger partial charge in [0.1, 0.15) is 42.3 Å². The van der Waals surface area contributed by atoms with Crippen LogP contribution in [0.15, 0.2) is 18.2 Å². The third-order valence-corrected chi connectivity index (χ3v) is 7.19. The number of aliphatic hydroxyl groups is 1. The second kappa shape index (κ2) is 10.2. The van der Waals surface area contributed by atoms with Gasteiger partial charge in [-0.25, -0.2) is 9.37 Å². The summed E-state index contributed by atoms with van der Waals surface area (Å²) in [6.45, 7) is 3.86. The predicted molar refractivity (Wildman–Crippen MR) is 132 cm³/mol. The van der Waals surface area contributed by atoms with Crippen LogP contribution in [0.25, 0.3) is 11.2 Å². The first kappa shape index (κ1) is 24.6. The molecule has 6 rings (SSSR count). The van der Waals surface area contributed by atoms with E-state index in [-0.39, 0.29) is 37.2 Å². The molecule has 1 aliphatic carbocycles. The van der Waals surface area contributed by atoms with E-state index in [1.807, 2.05) is 13.0 Å². The standard InChI is InChI=1S/C25H28ClFN4O6/c1-2-33-5-6-34-13-7-12-3-4-16(20(12)15(27)8-13)28-23-14(26)9-17-24(30-23)31-25(29-17)37-19-11-36-21-18(32)10-35-22(19)21/h7-9,16,18-19,21-22,32H,2-6,10-11H2,1H3,(H2,28,29,30,31)/t16?,18-,19-,21?,22?/m1/s1. The number of nitrogens with one attached hydrogen (secondary N) is 2. The van der Waals surface area contributed by atoms with Crippen LogP contribution in [0, 0.1) is 5.82 Å². The zero-order chi connectivity index (χ0) is 25.5. The van der Waals surface area contributed by atoms with Crippen LogP contribution in [0.2, 0.25) is 5.02 Å². The van der Waals surface area contributed by atoms with Gasteiger partial charge in [0.25, 0.3) is 6.01 Å². The molecule has 2 aromatic heterocycles. The molecule has 3 unspecified atom stereocenters. The van der Waals surface area contributed by atoms with E-state index in [0.717, 1.165) is 5.56 Å². The summed E-state index contributed by atoms with van der Waals surface area (Å²) in [7, 11) is 0. The van der Waals surface area contributed by atoms with Gasteiger partial charge in [0, 0.05) is 18.2 Å². The number of aryl methyl sites for hydroxylation is 1. The van der Waals surface area contributed by atoms with E-state index in [0.29, 0.717) is 66.0 Å². The molecule has 12 heteroatoms. The van der Waals surface area contributed by atoms with Gasteiger partial charge in [-0.2, -0.15) is 4.98 Å². The zero-order valence-electron chi connectivity index (χ0n) is 20.2. The number of anilines is 1. The Bertz CT molecular complexity index is 1290. The van der Waals surface area contributed by atoms with Gasteiger partial charge < -0.3 is 39.1 Å². The van der Waals surface area contributed by atoms with E-state index in [9.17, 15) is 5.11 Å². The van der Waals surface area contributed by atoms with Crippen molar-refractivity contribution in [3.8, 4) is 11.8 Å². The minimum absolute atomic E-state index is 0.217. The number of aliphatic hydroxyl groups excluding tert-OH is 1. The second-order valence-corrected chi connectivity index (χ2v) is 9.72. The van der Waals surface area contributed by atoms with Gasteiger partial charge in [-0.05, 0) is 37.5 Å². The van der Waals surface area contributed by atoms with Gasteiger partial charge in [0.15, 0.2) is 11.8 Å². The van der Waals surface area contributed by atoms with Crippen LogP contribution in [-0.4, -0.2) is 77.5 Å². The highest BCUT2D eigenvalue weighted by molar-refractivity contribution is 6.33. The number of benzene rings is 1. The van der Waals surface area contributed by atoms with Gasteiger partial charge in [-0.15, -0.1) is 0 Å². The molecule has 0 radical (unpaired) electrons. The number of pyridine rings is 1. The van der Waals surface area contributed by atoms with Crippen molar-refractivity contribution in [2.24, 2.45) is 0 Å². The smallest absolute Gasteiger partial charge is 0.296 e. The first-order chi connectivity index (χ1) is 18.0. The van der Waals surface area contributed by atoms with Crippen LogP contribution in [0.5, 0.6) is 11.8 Å². The summed E-state index contributed by atoms with van der Waals surface area (Å²) >= 11 is 6.52. The lowest BCUT2D eigenvalue weighted by Crippen LogP contribution is -2.34. The van der Waals surface area contributed by atoms with Crippen molar-refractivity contribution >= 4 is 28.6 Å². The van der Waals surface area contributed by atoms with E-state index >= 15 is 4.39 Å². The van der Waals surface area contributed by atoms with Gasteiger partial charge in [0.2, 0.25) is 0 Å². The van der Waals surface area contributed by atoms with Gasteiger partial charge in [-0.3, -0.25) is 0 Å². The Kier molecular flexibility index (Phi) is 6.80. The minimum atomic E-state index is -0.659. The zero-order valence-corrected chi connectivity index (χ0v) is 21.0. The van der Waals surface area contributed by atoms with E-state index in [4.69, 9.17) is 35.3 Å². The molecule has 198 valence electrons. The molecule has 3 aromatic rings. The highest BCUT2D eigenvalue weighted by Crippen LogP contribution is 2.39. The molecule has 0 amide bonds. The quantitative estimate of drug-likeness (QED) is 0.355. The molecule has 2 saturated heterocycles. The molecule has 2 fully saturated rings. The summed E-state index contributed by atoms with van der Waals surface area (Å²) in [5, 5.41) is 13.6. The molecule has 10 nitrogen and oxygen atoms in total. The second-order valence-electron chi connectivity index (χ2n) is 9.31. The Balaban J connectivity index is 1.16. The summed E-state index contributed by atoms with van der Waals surface area (Å²) in [5.41, 5.74) is 2.49. The number of H-pyrrole nitrogens is 1. The van der Waals surface area contributed by atoms with Crippen LogP contribution in [0.3, 0.4) is 0 Å². The third kappa shape index (κ3) is 4.82. The average Bonchev–Trinajstić information content (AvgIpc) is 3.64. The molecule has 2 aliphatic heterocycles. The fourth-order valence-electron chi connectivity index (χ4n) is 5.19. The number of hydrogen-bond donors (Lipinski definition) is 3. The molecule has 3 N–H and O–H groups in total. The molecule has 37 heavy (non-hydrogen) atoms. The molecule has 4 heterocycles. The van der Waals surface area contributed by atoms with Crippen molar-refractivity contribution in [1.29, 1.82) is 0 Å². The van der Waals surface area contributed by atoms with Gasteiger partial charge in [0.05, 0.1) is 36.4 Å². The lowest BCUT2D eigenvalue weighted by atomic mass is 10.1. The van der Waals surface area contributed by atoms with Crippen LogP contribution in [-0.2, 0) is 20.6 Å². The van der Waals surface area contributed by atoms with Crippen LogP contribution < -0.4 is 14.8 Å². The number of aromatic amines is 1. The molecular weight excluding hydrogens is 507 g/mol. The Morgan fingerprint density at radius 1 is 1.19 bits per heavy atom. The number of nitrogens with zero attached hydrogens (tertiary/aromatic N) is 2. The lowest BCUT2D eigenvalue weighted by molar-refractivity contribution is 0.00706. The van der Waals surface area contributed by atoms with Crippen molar-refractivity contribution in [2.75, 3.05) is 38.4 Å². The van der Waals surface area contributed by atoms with Crippen LogP contribution in [0.4, 0.5) is 10.2 Å². The van der Waals surface area contributed by atoms with Gasteiger partial charge >= 0.3 is 0 Å². The molecule has 3 aliphatic rings. The molecule has 5 atom stereocenters. The van der Waals surface area contributed by atoms with Crippen molar-refractivity contribution in [3.05, 3.63) is 40.2 Å². The number of fused-ring (bicyclic) bond motifs is 3. The fraction of sp³-hybridized carbons (Fsp3) is 0.520. The van der Waals surface area contributed by atoms with Crippen molar-refractivity contribution in [2.45, 2.75) is 50.2 Å². The number of aromatic nitrogens is 3. The Morgan fingerprint density at radius 3 is 2.92 bits per heavy atom. The summed E-state index contributed by atoms with van der Waals surface area (Å²) in [6.07, 6.45) is -0.421. The summed E-state index contributed by atoms with van der Waals surface area (Å²) < 4.78 is 43.1. The summed E-state index contributed by atoms with van der Waals surface area (Å²) in [6, 6.07) is 4.96. The molecule has 1 aromatic carbocycles. The molecule has 0 spiro atoms. The maximum absolute atomic E-state index is 15.1. The number of ether oxygens (including phenoxy) is 5. The summed E-state index contributed by atoms with van der Waals surface area (Å²) in [4.78, 5) is 12.1. The molecule has 0 bridgehead atoms. The Hall–Kier alpha value is -2.70. The summed E-state index contributed by atoms with van der Waals surface area (Å²) in [5.74, 6) is 0.575. The van der Waals surface area contributed by atoms with E-state index in [1.54, 1.807) is 6.07 Å². The van der Waals surface area contributed by atoms with Crippen LogP contribution >= 0.6 is 11.6 Å². The van der Waals surface area contributed by atoms with Gasteiger partial charge in [-0.1, -0.05) is 11.6 Å². The maximum Gasteiger partial charge on any atom is 0.296 e. The van der Waals surface area contributed by atoms with Crippen molar-refractivity contribution < 1.29 is 33.2 Å². The van der Waals surface area contributed by atoms with E-state index < -0.39 is 18.3 Å². The number of hydrogen-bond acceptors (Lipinski definition) is 9. The third-order valence-electron chi connectivity index (χ3n) is 6.90. The molecule has 0 saturated carbocycles. The highest BCUT2D eigenvalue weighted by Gasteiger charge is 2.48. The SMILES string of the molecule is CCOCCOc1cc(F)c2c(c1)CCC2Nc1nc2nc(O[C@@H]3COC4C3OC[C@H]4O)[nH]c2cc1Cl. The van der Waals surface area contributed by atoms with E-state index in [1.165, 1.54) is 6.07 Å². The monoisotopic (exact) mass is 534 g/mol. The number of rotatable bonds is 9. The van der Waals surface area contributed by atoms with Crippen molar-refractivity contribution in [1.82, 2.24) is 15.0 Å². The Morgan fingerprint density at radius 2 is 2.05 bits per heavy atom. The van der Waals surface area contributed by atoms with E-state index in [2.05, 4.69) is 20.3 Å². The molecular formula is C25H28ClFN4O6. The minimum Gasteiger partial charge on any atom is -0.491 e. The average molecular weight is 535 g/mol. The lowest BCUT2D eigenvalue weighted by Gasteiger charge is -2.17. The van der Waals surface area contributed by atoms with Crippen LogP contribution in [0.1, 0.15) is 30.5 Å². The predicted octanol–water partition coefficient (Wildman–Crippen LogP) is 3.17. The first-order valence-electron chi connectivity index (χ1n) is 12.4.